The molecule has 0 saturated carbocycles. The van der Waals surface area contributed by atoms with Gasteiger partial charge in [-0.25, -0.2) is 0 Å². The fraction of sp³-hybridized carbons (Fsp3) is 0.818. The topological polar surface area (TPSA) is 15.3 Å². The Morgan fingerprint density at radius 3 is 2.92 bits per heavy atom. The Balaban J connectivity index is 2.18. The minimum absolute atomic E-state index is 0.685. The average Bonchev–Trinajstić information content (AvgIpc) is 2.32. The van der Waals surface area contributed by atoms with Gasteiger partial charge in [-0.1, -0.05) is 26.0 Å². The van der Waals surface area contributed by atoms with Crippen molar-refractivity contribution in [2.75, 3.05) is 32.7 Å². The zero-order chi connectivity index (χ0) is 9.52. The van der Waals surface area contributed by atoms with Crippen LogP contribution in [0.25, 0.3) is 0 Å². The van der Waals surface area contributed by atoms with Gasteiger partial charge in [0.1, 0.15) is 0 Å². The van der Waals surface area contributed by atoms with Crippen molar-refractivity contribution in [3.05, 3.63) is 12.2 Å². The van der Waals surface area contributed by atoms with E-state index in [2.05, 4.69) is 36.2 Å². The monoisotopic (exact) mass is 182 g/mol. The maximum absolute atomic E-state index is 3.41. The normalized spacial score (nSPS) is 21.2. The Morgan fingerprint density at radius 2 is 2.15 bits per heavy atom. The molecule has 0 atom stereocenters. The van der Waals surface area contributed by atoms with E-state index in [0.29, 0.717) is 5.92 Å². The molecule has 1 heterocycles. The molecular weight excluding hydrogens is 160 g/mol. The van der Waals surface area contributed by atoms with E-state index in [9.17, 15) is 0 Å². The van der Waals surface area contributed by atoms with Crippen LogP contribution in [0.2, 0.25) is 0 Å². The Kier molecular flexibility index (Phi) is 5.09. The standard InChI is InChI=1S/C11H22N2/c1-11(2)5-3-8-13-9-4-6-12-7-10-13/h3,5,11-12H,4,6-10H2,1-2H3/b5-3+. The molecule has 0 aromatic heterocycles. The highest BCUT2D eigenvalue weighted by Gasteiger charge is 2.05. The van der Waals surface area contributed by atoms with Crippen LogP contribution in [-0.2, 0) is 0 Å². The second-order valence-electron chi connectivity index (χ2n) is 4.08. The summed E-state index contributed by atoms with van der Waals surface area (Å²) in [5.41, 5.74) is 0. The molecule has 0 aromatic carbocycles. The summed E-state index contributed by atoms with van der Waals surface area (Å²) in [6.45, 7) is 10.3. The van der Waals surface area contributed by atoms with Crippen molar-refractivity contribution in [3.8, 4) is 0 Å². The summed E-state index contributed by atoms with van der Waals surface area (Å²) in [7, 11) is 0. The van der Waals surface area contributed by atoms with Gasteiger partial charge in [0.05, 0.1) is 0 Å². The number of nitrogens with one attached hydrogen (secondary N) is 1. The molecular formula is C11H22N2. The SMILES string of the molecule is CC(C)/C=C/CN1CCCNCC1. The van der Waals surface area contributed by atoms with Gasteiger partial charge in [-0.2, -0.15) is 0 Å². The molecule has 13 heavy (non-hydrogen) atoms. The first-order valence-corrected chi connectivity index (χ1v) is 5.39. The van der Waals surface area contributed by atoms with Crippen LogP contribution in [-0.4, -0.2) is 37.6 Å². The molecule has 2 nitrogen and oxygen atoms in total. The number of allylic oxidation sites excluding steroid dienone is 1. The lowest BCUT2D eigenvalue weighted by molar-refractivity contribution is 0.323. The van der Waals surface area contributed by atoms with E-state index in [4.69, 9.17) is 0 Å². The molecule has 1 fully saturated rings. The van der Waals surface area contributed by atoms with E-state index >= 15 is 0 Å². The summed E-state index contributed by atoms with van der Waals surface area (Å²) in [4.78, 5) is 2.51. The van der Waals surface area contributed by atoms with Crippen LogP contribution >= 0.6 is 0 Å². The average molecular weight is 182 g/mol. The van der Waals surface area contributed by atoms with Crippen molar-refractivity contribution in [1.82, 2.24) is 10.2 Å². The van der Waals surface area contributed by atoms with Crippen LogP contribution in [0.1, 0.15) is 20.3 Å². The van der Waals surface area contributed by atoms with Crippen molar-refractivity contribution in [3.63, 3.8) is 0 Å². The quantitative estimate of drug-likeness (QED) is 0.665. The molecule has 76 valence electrons. The minimum Gasteiger partial charge on any atom is -0.315 e. The van der Waals surface area contributed by atoms with E-state index in [0.717, 1.165) is 13.1 Å². The van der Waals surface area contributed by atoms with Crippen LogP contribution in [0.15, 0.2) is 12.2 Å². The number of hydrogen-bond acceptors (Lipinski definition) is 2. The van der Waals surface area contributed by atoms with E-state index < -0.39 is 0 Å². The van der Waals surface area contributed by atoms with Crippen molar-refractivity contribution >= 4 is 0 Å². The zero-order valence-corrected chi connectivity index (χ0v) is 8.92. The van der Waals surface area contributed by atoms with Crippen molar-refractivity contribution in [2.24, 2.45) is 5.92 Å². The molecule has 0 bridgehead atoms. The lowest BCUT2D eigenvalue weighted by Crippen LogP contribution is -2.28. The molecule has 1 aliphatic heterocycles. The molecule has 0 radical (unpaired) electrons. The molecule has 1 aliphatic rings. The zero-order valence-electron chi connectivity index (χ0n) is 8.92. The summed E-state index contributed by atoms with van der Waals surface area (Å²) < 4.78 is 0. The summed E-state index contributed by atoms with van der Waals surface area (Å²) in [6, 6.07) is 0. The van der Waals surface area contributed by atoms with Gasteiger partial charge in [0.15, 0.2) is 0 Å². The molecule has 1 saturated heterocycles. The van der Waals surface area contributed by atoms with E-state index in [1.807, 2.05) is 0 Å². The van der Waals surface area contributed by atoms with Crippen LogP contribution in [0.4, 0.5) is 0 Å². The van der Waals surface area contributed by atoms with Crippen molar-refractivity contribution in [1.29, 1.82) is 0 Å². The number of nitrogens with zero attached hydrogens (tertiary/aromatic N) is 1. The highest BCUT2D eigenvalue weighted by molar-refractivity contribution is 4.87. The fourth-order valence-electron chi connectivity index (χ4n) is 1.57. The summed E-state index contributed by atoms with van der Waals surface area (Å²) in [6.07, 6.45) is 5.88. The Hall–Kier alpha value is -0.340. The van der Waals surface area contributed by atoms with Crippen LogP contribution in [0.5, 0.6) is 0 Å². The van der Waals surface area contributed by atoms with Gasteiger partial charge in [-0.05, 0) is 25.4 Å². The molecule has 1 rings (SSSR count). The number of rotatable bonds is 3. The maximum Gasteiger partial charge on any atom is 0.0163 e. The third-order valence-electron chi connectivity index (χ3n) is 2.32. The lowest BCUT2D eigenvalue weighted by atomic mass is 10.2. The van der Waals surface area contributed by atoms with Crippen LogP contribution < -0.4 is 5.32 Å². The summed E-state index contributed by atoms with van der Waals surface area (Å²) in [5, 5.41) is 3.41. The second-order valence-corrected chi connectivity index (χ2v) is 4.08. The van der Waals surface area contributed by atoms with Gasteiger partial charge < -0.3 is 5.32 Å². The smallest absolute Gasteiger partial charge is 0.0163 e. The van der Waals surface area contributed by atoms with Gasteiger partial charge >= 0.3 is 0 Å². The molecule has 2 heteroatoms. The Morgan fingerprint density at radius 1 is 1.31 bits per heavy atom. The lowest BCUT2D eigenvalue weighted by Gasteiger charge is -2.16. The van der Waals surface area contributed by atoms with Crippen molar-refractivity contribution < 1.29 is 0 Å². The van der Waals surface area contributed by atoms with E-state index in [-0.39, 0.29) is 0 Å². The van der Waals surface area contributed by atoms with Crippen molar-refractivity contribution in [2.45, 2.75) is 20.3 Å². The third kappa shape index (κ3) is 5.06. The maximum atomic E-state index is 3.41. The molecule has 0 amide bonds. The second kappa shape index (κ2) is 6.17. The molecule has 0 spiro atoms. The minimum atomic E-state index is 0.685. The molecule has 0 aromatic rings. The third-order valence-corrected chi connectivity index (χ3v) is 2.32. The largest absolute Gasteiger partial charge is 0.315 e. The van der Waals surface area contributed by atoms with Crippen LogP contribution in [0.3, 0.4) is 0 Å². The Labute approximate surface area is 82.0 Å². The molecule has 0 aliphatic carbocycles. The summed E-state index contributed by atoms with van der Waals surface area (Å²) >= 11 is 0. The van der Waals surface area contributed by atoms with E-state index in [1.54, 1.807) is 0 Å². The first-order chi connectivity index (χ1) is 6.29. The van der Waals surface area contributed by atoms with Gasteiger partial charge in [-0.15, -0.1) is 0 Å². The Bertz CT molecular complexity index is 144. The van der Waals surface area contributed by atoms with Gasteiger partial charge in [0.2, 0.25) is 0 Å². The van der Waals surface area contributed by atoms with E-state index in [1.165, 1.54) is 26.1 Å². The highest BCUT2D eigenvalue weighted by Crippen LogP contribution is 1.98. The van der Waals surface area contributed by atoms with Gasteiger partial charge in [0.25, 0.3) is 0 Å². The predicted octanol–water partition coefficient (Wildman–Crippen LogP) is 1.49. The first kappa shape index (κ1) is 10.7. The van der Waals surface area contributed by atoms with Crippen LogP contribution in [0, 0.1) is 5.92 Å². The first-order valence-electron chi connectivity index (χ1n) is 5.39. The van der Waals surface area contributed by atoms with Gasteiger partial charge in [-0.3, -0.25) is 4.90 Å². The molecule has 0 unspecified atom stereocenters. The predicted molar refractivity (Wildman–Crippen MR) is 57.9 cm³/mol. The molecule has 1 N–H and O–H groups in total. The fourth-order valence-corrected chi connectivity index (χ4v) is 1.57. The van der Waals surface area contributed by atoms with Gasteiger partial charge in [0, 0.05) is 19.6 Å². The highest BCUT2D eigenvalue weighted by atomic mass is 15.1. The summed E-state index contributed by atoms with van der Waals surface area (Å²) in [5.74, 6) is 0.685. The number of hydrogen-bond donors (Lipinski definition) is 1.